The van der Waals surface area contributed by atoms with Crippen LogP contribution in [-0.4, -0.2) is 18.7 Å². The molecule has 120 valence electrons. The van der Waals surface area contributed by atoms with Crippen LogP contribution in [0.25, 0.3) is 0 Å². The molecular weight excluding hydrogens is 447 g/mol. The topological polar surface area (TPSA) is 50.7 Å². The zero-order valence-corrected chi connectivity index (χ0v) is 16.1. The zero-order chi connectivity index (χ0) is 16.8. The molecule has 2 aromatic carbocycles. The Balaban J connectivity index is 2.07. The molecule has 1 N–H and O–H groups in total. The molecule has 0 radical (unpaired) electrons. The lowest BCUT2D eigenvalue weighted by Gasteiger charge is -2.09. The second kappa shape index (κ2) is 8.47. The highest BCUT2D eigenvalue weighted by Crippen LogP contribution is 2.34. The number of hydrazone groups is 1. The van der Waals surface area contributed by atoms with Crippen molar-refractivity contribution in [3.05, 3.63) is 61.5 Å². The maximum absolute atomic E-state index is 11.9. The second-order valence-electron chi connectivity index (χ2n) is 4.46. The predicted octanol–water partition coefficient (Wildman–Crippen LogP) is 5.03. The summed E-state index contributed by atoms with van der Waals surface area (Å²) in [5.41, 5.74) is 3.72. The smallest absolute Gasteiger partial charge is 0.271 e. The monoisotopic (exact) mass is 458 g/mol. The number of carbonyl (C=O) groups is 1. The molecule has 2 aromatic rings. The van der Waals surface area contributed by atoms with Gasteiger partial charge in [0, 0.05) is 10.6 Å². The molecule has 0 spiro atoms. The third-order valence-corrected chi connectivity index (χ3v) is 4.19. The number of rotatable bonds is 5. The van der Waals surface area contributed by atoms with E-state index < -0.39 is 0 Å². The van der Waals surface area contributed by atoms with Crippen LogP contribution < -0.4 is 10.2 Å². The summed E-state index contributed by atoms with van der Waals surface area (Å²) in [5.74, 6) is 0.403. The number of carbonyl (C=O) groups excluding carboxylic acids is 1. The third kappa shape index (κ3) is 5.06. The number of halogens is 3. The molecule has 4 nitrogen and oxygen atoms in total. The summed E-state index contributed by atoms with van der Waals surface area (Å²) in [6, 6.07) is 10.4. The van der Waals surface area contributed by atoms with Crippen LogP contribution in [0.2, 0.25) is 5.02 Å². The van der Waals surface area contributed by atoms with E-state index in [4.69, 9.17) is 16.3 Å². The van der Waals surface area contributed by atoms with Gasteiger partial charge in [0.15, 0.2) is 0 Å². The van der Waals surface area contributed by atoms with Crippen molar-refractivity contribution in [2.24, 2.45) is 5.10 Å². The van der Waals surface area contributed by atoms with Crippen molar-refractivity contribution in [1.82, 2.24) is 5.43 Å². The molecule has 0 saturated heterocycles. The van der Waals surface area contributed by atoms with Crippen molar-refractivity contribution in [3.8, 4) is 5.75 Å². The van der Waals surface area contributed by atoms with Crippen molar-refractivity contribution >= 4 is 55.6 Å². The van der Waals surface area contributed by atoms with Gasteiger partial charge in [-0.15, -0.1) is 0 Å². The third-order valence-electron chi connectivity index (χ3n) is 2.78. The van der Waals surface area contributed by atoms with Gasteiger partial charge in [-0.05, 0) is 74.7 Å². The van der Waals surface area contributed by atoms with E-state index >= 15 is 0 Å². The number of nitrogens with zero attached hydrogens (tertiary/aromatic N) is 1. The van der Waals surface area contributed by atoms with Gasteiger partial charge in [-0.2, -0.15) is 5.10 Å². The molecule has 2 rings (SSSR count). The van der Waals surface area contributed by atoms with Crippen LogP contribution in [0.3, 0.4) is 0 Å². The summed E-state index contributed by atoms with van der Waals surface area (Å²) >= 11 is 12.7. The Morgan fingerprint density at radius 3 is 2.61 bits per heavy atom. The van der Waals surface area contributed by atoms with E-state index in [1.54, 1.807) is 30.5 Å². The quantitative estimate of drug-likeness (QED) is 0.503. The van der Waals surface area contributed by atoms with Gasteiger partial charge in [-0.3, -0.25) is 4.79 Å². The normalized spacial score (nSPS) is 10.8. The number of hydrogen-bond acceptors (Lipinski definition) is 3. The van der Waals surface area contributed by atoms with Gasteiger partial charge >= 0.3 is 0 Å². The maximum atomic E-state index is 11.9. The van der Waals surface area contributed by atoms with Crippen molar-refractivity contribution < 1.29 is 9.53 Å². The Morgan fingerprint density at radius 1 is 1.30 bits per heavy atom. The minimum Gasteiger partial charge on any atom is -0.492 e. The molecule has 0 atom stereocenters. The van der Waals surface area contributed by atoms with E-state index in [0.29, 0.717) is 17.2 Å². The van der Waals surface area contributed by atoms with Crippen molar-refractivity contribution in [2.75, 3.05) is 6.61 Å². The highest BCUT2D eigenvalue weighted by Gasteiger charge is 2.08. The minimum atomic E-state index is -0.326. The number of amides is 1. The first kappa shape index (κ1) is 18.0. The molecule has 0 bridgehead atoms. The molecule has 23 heavy (non-hydrogen) atoms. The average Bonchev–Trinajstić information content (AvgIpc) is 2.51. The van der Waals surface area contributed by atoms with Crippen LogP contribution in [0.15, 0.2) is 50.4 Å². The van der Waals surface area contributed by atoms with E-state index in [0.717, 1.165) is 20.3 Å². The Kier molecular flexibility index (Phi) is 6.62. The zero-order valence-electron chi connectivity index (χ0n) is 12.1. The molecule has 7 heteroatoms. The van der Waals surface area contributed by atoms with Crippen LogP contribution in [0.4, 0.5) is 0 Å². The highest BCUT2D eigenvalue weighted by atomic mass is 79.9. The van der Waals surface area contributed by atoms with E-state index in [-0.39, 0.29) is 5.91 Å². The van der Waals surface area contributed by atoms with Gasteiger partial charge in [-0.1, -0.05) is 17.7 Å². The number of hydrogen-bond donors (Lipinski definition) is 1. The van der Waals surface area contributed by atoms with Gasteiger partial charge in [0.2, 0.25) is 0 Å². The first-order chi connectivity index (χ1) is 11.0. The van der Waals surface area contributed by atoms with Crippen LogP contribution in [0, 0.1) is 0 Å². The Labute approximate surface area is 156 Å². The Morgan fingerprint density at radius 2 is 2.00 bits per heavy atom. The molecule has 1 amide bonds. The lowest BCUT2D eigenvalue weighted by Crippen LogP contribution is -2.17. The molecule has 0 fully saturated rings. The van der Waals surface area contributed by atoms with Gasteiger partial charge in [0.25, 0.3) is 5.91 Å². The van der Waals surface area contributed by atoms with Gasteiger partial charge < -0.3 is 4.74 Å². The molecule has 0 heterocycles. The van der Waals surface area contributed by atoms with Crippen molar-refractivity contribution in [1.29, 1.82) is 0 Å². The van der Waals surface area contributed by atoms with Gasteiger partial charge in [0.1, 0.15) is 5.75 Å². The molecule has 0 aromatic heterocycles. The fraction of sp³-hybridized carbons (Fsp3) is 0.125. The largest absolute Gasteiger partial charge is 0.492 e. The van der Waals surface area contributed by atoms with E-state index in [1.165, 1.54) is 0 Å². The highest BCUT2D eigenvalue weighted by molar-refractivity contribution is 9.11. The molecule has 0 aliphatic heterocycles. The predicted molar refractivity (Wildman–Crippen MR) is 99.5 cm³/mol. The Bertz CT molecular complexity index is 728. The number of nitrogens with one attached hydrogen (secondary N) is 1. The lowest BCUT2D eigenvalue weighted by atomic mass is 10.2. The summed E-state index contributed by atoms with van der Waals surface area (Å²) in [5, 5.41) is 4.46. The lowest BCUT2D eigenvalue weighted by molar-refractivity contribution is 0.0955. The maximum Gasteiger partial charge on any atom is 0.271 e. The number of ether oxygens (including phenoxy) is 1. The van der Waals surface area contributed by atoms with Gasteiger partial charge in [0.05, 0.1) is 21.8 Å². The van der Waals surface area contributed by atoms with Crippen molar-refractivity contribution in [2.45, 2.75) is 6.92 Å². The fourth-order valence-electron chi connectivity index (χ4n) is 1.80. The second-order valence-corrected chi connectivity index (χ2v) is 6.60. The summed E-state index contributed by atoms with van der Waals surface area (Å²) in [7, 11) is 0. The molecule has 0 aliphatic carbocycles. The summed E-state index contributed by atoms with van der Waals surface area (Å²) < 4.78 is 7.12. The van der Waals surface area contributed by atoms with Crippen LogP contribution in [0.5, 0.6) is 5.75 Å². The van der Waals surface area contributed by atoms with Crippen LogP contribution in [0.1, 0.15) is 22.8 Å². The summed E-state index contributed by atoms with van der Waals surface area (Å²) in [6.45, 7) is 2.49. The molecule has 0 aliphatic rings. The summed E-state index contributed by atoms with van der Waals surface area (Å²) in [4.78, 5) is 11.9. The molecule has 0 unspecified atom stereocenters. The summed E-state index contributed by atoms with van der Waals surface area (Å²) in [6.07, 6.45) is 1.55. The molecular formula is C16H13Br2ClN2O2. The van der Waals surface area contributed by atoms with Gasteiger partial charge in [-0.25, -0.2) is 5.43 Å². The minimum absolute atomic E-state index is 0.326. The number of benzene rings is 2. The Hall–Kier alpha value is -1.37. The van der Waals surface area contributed by atoms with E-state index in [9.17, 15) is 4.79 Å². The van der Waals surface area contributed by atoms with Crippen LogP contribution >= 0.6 is 43.5 Å². The first-order valence-electron chi connectivity index (χ1n) is 6.72. The van der Waals surface area contributed by atoms with E-state index in [1.807, 2.05) is 19.1 Å². The standard InChI is InChI=1S/C16H13Br2ClN2O2/c1-2-23-15-13(17)6-10(7-14(15)18)9-20-21-16(22)11-4-3-5-12(19)8-11/h3-9H,2H2,1H3,(H,21,22)/b20-9-. The van der Waals surface area contributed by atoms with Crippen molar-refractivity contribution in [3.63, 3.8) is 0 Å². The fourth-order valence-corrected chi connectivity index (χ4v) is 3.44. The molecule has 0 saturated carbocycles. The van der Waals surface area contributed by atoms with Crippen LogP contribution in [-0.2, 0) is 0 Å². The SMILES string of the molecule is CCOc1c(Br)cc(/C=N\NC(=O)c2cccc(Cl)c2)cc1Br. The average molecular weight is 461 g/mol. The van der Waals surface area contributed by atoms with E-state index in [2.05, 4.69) is 42.4 Å². The first-order valence-corrected chi connectivity index (χ1v) is 8.68.